The van der Waals surface area contributed by atoms with Gasteiger partial charge in [-0.2, -0.15) is 0 Å². The van der Waals surface area contributed by atoms with Gasteiger partial charge in [-0.05, 0) is 37.5 Å². The monoisotopic (exact) mass is 304 g/mol. The van der Waals surface area contributed by atoms with Crippen LogP contribution in [0.4, 0.5) is 5.69 Å². The third-order valence-electron chi connectivity index (χ3n) is 3.76. The number of carbonyl (C=O) groups excluding carboxylic acids is 2. The van der Waals surface area contributed by atoms with Gasteiger partial charge in [-0.25, -0.2) is 4.79 Å². The van der Waals surface area contributed by atoms with Gasteiger partial charge in [0.2, 0.25) is 5.91 Å². The molecular formula is C16H20N2O4. The second kappa shape index (κ2) is 7.06. The average molecular weight is 304 g/mol. The normalized spacial score (nSPS) is 17.9. The number of rotatable bonds is 4. The van der Waals surface area contributed by atoms with Crippen molar-refractivity contribution in [3.05, 3.63) is 29.8 Å². The minimum Gasteiger partial charge on any atom is -0.480 e. The Morgan fingerprint density at radius 3 is 2.77 bits per heavy atom. The molecule has 1 saturated heterocycles. The summed E-state index contributed by atoms with van der Waals surface area (Å²) < 4.78 is 0. The highest BCUT2D eigenvalue weighted by Gasteiger charge is 2.32. The van der Waals surface area contributed by atoms with E-state index in [1.165, 1.54) is 4.90 Å². The van der Waals surface area contributed by atoms with Crippen LogP contribution in [0.15, 0.2) is 24.3 Å². The molecule has 1 aliphatic rings. The molecule has 2 amide bonds. The number of aliphatic carboxylic acids is 1. The van der Waals surface area contributed by atoms with Crippen molar-refractivity contribution in [2.24, 2.45) is 0 Å². The van der Waals surface area contributed by atoms with Gasteiger partial charge in [-0.1, -0.05) is 13.0 Å². The molecular weight excluding hydrogens is 284 g/mol. The van der Waals surface area contributed by atoms with Crippen molar-refractivity contribution in [1.82, 2.24) is 4.90 Å². The van der Waals surface area contributed by atoms with Crippen molar-refractivity contribution in [2.75, 3.05) is 11.9 Å². The molecule has 0 unspecified atom stereocenters. The Balaban J connectivity index is 2.19. The van der Waals surface area contributed by atoms with Gasteiger partial charge >= 0.3 is 5.97 Å². The summed E-state index contributed by atoms with van der Waals surface area (Å²) in [4.78, 5) is 36.7. The first-order valence-corrected chi connectivity index (χ1v) is 7.46. The molecule has 2 rings (SSSR count). The van der Waals surface area contributed by atoms with Crippen molar-refractivity contribution in [3.63, 3.8) is 0 Å². The Kier molecular flexibility index (Phi) is 5.14. The number of piperidine rings is 1. The summed E-state index contributed by atoms with van der Waals surface area (Å²) in [5.74, 6) is -1.41. The molecule has 0 spiro atoms. The van der Waals surface area contributed by atoms with Crippen LogP contribution in [0, 0.1) is 0 Å². The fourth-order valence-electron chi connectivity index (χ4n) is 2.58. The van der Waals surface area contributed by atoms with Crippen LogP contribution in [0.3, 0.4) is 0 Å². The molecule has 0 aliphatic carbocycles. The summed E-state index contributed by atoms with van der Waals surface area (Å²) >= 11 is 0. The van der Waals surface area contributed by atoms with Crippen LogP contribution in [0.1, 0.15) is 43.0 Å². The molecule has 0 bridgehead atoms. The summed E-state index contributed by atoms with van der Waals surface area (Å²) in [6, 6.07) is 5.84. The highest BCUT2D eigenvalue weighted by atomic mass is 16.4. The van der Waals surface area contributed by atoms with E-state index in [0.717, 1.165) is 12.8 Å². The molecule has 1 aliphatic heterocycles. The number of carboxylic acid groups (broad SMARTS) is 1. The number of carbonyl (C=O) groups is 3. The Hall–Kier alpha value is -2.37. The van der Waals surface area contributed by atoms with Crippen LogP contribution in [0.5, 0.6) is 0 Å². The van der Waals surface area contributed by atoms with Gasteiger partial charge in [0.25, 0.3) is 5.91 Å². The number of benzene rings is 1. The van der Waals surface area contributed by atoms with E-state index in [4.69, 9.17) is 0 Å². The molecule has 0 saturated carbocycles. The Morgan fingerprint density at radius 1 is 1.32 bits per heavy atom. The SMILES string of the molecule is CCC(=O)Nc1cccc(C(=O)N2CCCC[C@@H]2C(=O)O)c1. The average Bonchev–Trinajstić information content (AvgIpc) is 2.54. The van der Waals surface area contributed by atoms with E-state index in [1.807, 2.05) is 0 Å². The molecule has 2 N–H and O–H groups in total. The summed E-state index contributed by atoms with van der Waals surface area (Å²) in [7, 11) is 0. The van der Waals surface area contributed by atoms with Crippen molar-refractivity contribution in [2.45, 2.75) is 38.6 Å². The second-order valence-corrected chi connectivity index (χ2v) is 5.33. The molecule has 0 aromatic heterocycles. The maximum atomic E-state index is 12.6. The van der Waals surface area contributed by atoms with Crippen LogP contribution in [-0.2, 0) is 9.59 Å². The summed E-state index contributed by atoms with van der Waals surface area (Å²) in [6.07, 6.45) is 2.45. The Labute approximate surface area is 129 Å². The lowest BCUT2D eigenvalue weighted by Crippen LogP contribution is -2.48. The van der Waals surface area contributed by atoms with E-state index in [9.17, 15) is 19.5 Å². The number of hydrogen-bond acceptors (Lipinski definition) is 3. The Bertz CT molecular complexity index is 585. The fraction of sp³-hybridized carbons (Fsp3) is 0.438. The minimum absolute atomic E-state index is 0.133. The van der Waals surface area contributed by atoms with Gasteiger partial charge < -0.3 is 15.3 Å². The number of hydrogen-bond donors (Lipinski definition) is 2. The molecule has 1 atom stereocenters. The summed E-state index contributed by atoms with van der Waals surface area (Å²) in [5, 5.41) is 12.0. The molecule has 1 aromatic rings. The predicted octanol–water partition coefficient (Wildman–Crippen LogP) is 2.11. The highest BCUT2D eigenvalue weighted by Crippen LogP contribution is 2.21. The van der Waals surface area contributed by atoms with E-state index in [1.54, 1.807) is 31.2 Å². The van der Waals surface area contributed by atoms with Crippen LogP contribution >= 0.6 is 0 Å². The lowest BCUT2D eigenvalue weighted by Gasteiger charge is -2.33. The third-order valence-corrected chi connectivity index (χ3v) is 3.76. The van der Waals surface area contributed by atoms with Crippen molar-refractivity contribution < 1.29 is 19.5 Å². The van der Waals surface area contributed by atoms with Gasteiger partial charge in [0.05, 0.1) is 0 Å². The number of nitrogens with one attached hydrogen (secondary N) is 1. The molecule has 1 heterocycles. The first-order chi connectivity index (χ1) is 10.5. The Morgan fingerprint density at radius 2 is 2.09 bits per heavy atom. The predicted molar refractivity (Wildman–Crippen MR) is 81.7 cm³/mol. The van der Waals surface area contributed by atoms with Gasteiger partial charge in [-0.3, -0.25) is 9.59 Å². The van der Waals surface area contributed by atoms with Gasteiger partial charge in [0.1, 0.15) is 6.04 Å². The molecule has 118 valence electrons. The number of nitrogens with zero attached hydrogens (tertiary/aromatic N) is 1. The maximum absolute atomic E-state index is 12.6. The van der Waals surface area contributed by atoms with Crippen LogP contribution in [0.25, 0.3) is 0 Å². The van der Waals surface area contributed by atoms with Gasteiger partial charge in [0.15, 0.2) is 0 Å². The first-order valence-electron chi connectivity index (χ1n) is 7.46. The second-order valence-electron chi connectivity index (χ2n) is 5.33. The van der Waals surface area contributed by atoms with E-state index >= 15 is 0 Å². The zero-order valence-electron chi connectivity index (χ0n) is 12.5. The summed E-state index contributed by atoms with van der Waals surface area (Å²) in [5.41, 5.74) is 0.934. The number of anilines is 1. The lowest BCUT2D eigenvalue weighted by atomic mass is 10.0. The molecule has 0 radical (unpaired) electrons. The van der Waals surface area contributed by atoms with Crippen LogP contribution in [-0.4, -0.2) is 40.4 Å². The standard InChI is InChI=1S/C16H20N2O4/c1-2-14(19)17-12-7-5-6-11(10-12)15(20)18-9-4-3-8-13(18)16(21)22/h5-7,10,13H,2-4,8-9H2,1H3,(H,17,19)(H,21,22)/t13-/m1/s1. The van der Waals surface area contributed by atoms with E-state index in [-0.39, 0.29) is 11.8 Å². The van der Waals surface area contributed by atoms with Crippen molar-refractivity contribution >= 4 is 23.5 Å². The quantitative estimate of drug-likeness (QED) is 0.892. The van der Waals surface area contributed by atoms with Crippen molar-refractivity contribution in [3.8, 4) is 0 Å². The van der Waals surface area contributed by atoms with Gasteiger partial charge in [0, 0.05) is 24.2 Å². The molecule has 6 heteroatoms. The van der Waals surface area contributed by atoms with E-state index < -0.39 is 12.0 Å². The van der Waals surface area contributed by atoms with E-state index in [2.05, 4.69) is 5.32 Å². The molecule has 1 aromatic carbocycles. The van der Waals surface area contributed by atoms with Crippen LogP contribution in [0.2, 0.25) is 0 Å². The third kappa shape index (κ3) is 3.63. The van der Waals surface area contributed by atoms with Crippen molar-refractivity contribution in [1.29, 1.82) is 0 Å². The van der Waals surface area contributed by atoms with Gasteiger partial charge in [-0.15, -0.1) is 0 Å². The maximum Gasteiger partial charge on any atom is 0.326 e. The number of carboxylic acids is 1. The molecule has 6 nitrogen and oxygen atoms in total. The largest absolute Gasteiger partial charge is 0.480 e. The molecule has 1 fully saturated rings. The first kappa shape index (κ1) is 16.0. The fourth-order valence-corrected chi connectivity index (χ4v) is 2.58. The van der Waals surface area contributed by atoms with Crippen LogP contribution < -0.4 is 5.32 Å². The number of amides is 2. The zero-order chi connectivity index (χ0) is 16.1. The smallest absolute Gasteiger partial charge is 0.326 e. The van der Waals surface area contributed by atoms with E-state index in [0.29, 0.717) is 30.6 Å². The highest BCUT2D eigenvalue weighted by molar-refractivity contribution is 5.98. The topological polar surface area (TPSA) is 86.7 Å². The molecule has 22 heavy (non-hydrogen) atoms. The zero-order valence-corrected chi connectivity index (χ0v) is 12.5. The minimum atomic E-state index is -0.969. The lowest BCUT2D eigenvalue weighted by molar-refractivity contribution is -0.143. The summed E-state index contributed by atoms with van der Waals surface area (Å²) in [6.45, 7) is 2.19. The number of likely N-dealkylation sites (tertiary alicyclic amines) is 1.